The molecule has 0 amide bonds. The molecular formula is C67H70O32. The number of ether oxygens (including phenoxy) is 25. The summed E-state index contributed by atoms with van der Waals surface area (Å²) >= 11 is 0. The van der Waals surface area contributed by atoms with E-state index in [-0.39, 0.29) is 114 Å². The van der Waals surface area contributed by atoms with Crippen LogP contribution in [0.4, 0.5) is 0 Å². The van der Waals surface area contributed by atoms with E-state index in [0.29, 0.717) is 0 Å². The highest BCUT2D eigenvalue weighted by atomic mass is 16.7. The first-order chi connectivity index (χ1) is 47.7. The maximum Gasteiger partial charge on any atom is 0.351 e. The van der Waals surface area contributed by atoms with Crippen molar-refractivity contribution < 1.29 is 152 Å². The first-order valence-corrected chi connectivity index (χ1v) is 29.0. The van der Waals surface area contributed by atoms with E-state index in [9.17, 15) is 9.59 Å². The molecular weight excluding hydrogens is 1320 g/mol. The number of hydrogen-bond donors (Lipinski definition) is 0. The van der Waals surface area contributed by atoms with Gasteiger partial charge in [0.25, 0.3) is 0 Å². The second kappa shape index (κ2) is 31.3. The predicted molar refractivity (Wildman–Crippen MR) is 339 cm³/mol. The smallest absolute Gasteiger partial charge is 0.351 e. The highest BCUT2D eigenvalue weighted by molar-refractivity contribution is 6.11. The third kappa shape index (κ3) is 13.1. The van der Waals surface area contributed by atoms with Gasteiger partial charge in [-0.2, -0.15) is 0 Å². The van der Waals surface area contributed by atoms with E-state index in [1.54, 1.807) is 0 Å². The third-order valence-electron chi connectivity index (χ3n) is 15.6. The van der Waals surface area contributed by atoms with E-state index in [1.165, 1.54) is 125 Å². The van der Waals surface area contributed by atoms with Crippen molar-refractivity contribution in [2.45, 2.75) is 24.4 Å². The highest BCUT2D eigenvalue weighted by Crippen LogP contribution is 2.59. The van der Waals surface area contributed by atoms with Crippen LogP contribution in [0.1, 0.15) is 62.1 Å². The second-order valence-corrected chi connectivity index (χ2v) is 20.2. The molecule has 2 aliphatic rings. The predicted octanol–water partition coefficient (Wildman–Crippen LogP) is 7.60. The van der Waals surface area contributed by atoms with E-state index in [0.717, 1.165) is 52.7 Å². The molecule has 2 heterocycles. The van der Waals surface area contributed by atoms with Crippen LogP contribution in [-0.4, -0.2) is 208 Å². The van der Waals surface area contributed by atoms with Crippen LogP contribution in [0, 0.1) is 0 Å². The molecule has 530 valence electrons. The van der Waals surface area contributed by atoms with Gasteiger partial charge in [0.05, 0.1) is 163 Å². The highest BCUT2D eigenvalue weighted by Gasteiger charge is 2.52. The topological polar surface area (TPSA) is 350 Å². The molecule has 0 bridgehead atoms. The first-order valence-electron chi connectivity index (χ1n) is 29.0. The van der Waals surface area contributed by atoms with Gasteiger partial charge < -0.3 is 118 Å². The summed E-state index contributed by atoms with van der Waals surface area (Å²) in [7, 11) is 22.9. The molecule has 2 aliphatic heterocycles. The van der Waals surface area contributed by atoms with Crippen LogP contribution in [0.2, 0.25) is 0 Å². The fourth-order valence-electron chi connectivity index (χ4n) is 11.2. The Bertz CT molecular complexity index is 4110. The van der Waals surface area contributed by atoms with Crippen molar-refractivity contribution in [2.24, 2.45) is 0 Å². The molecule has 6 aromatic carbocycles. The molecule has 4 atom stereocenters. The van der Waals surface area contributed by atoms with Gasteiger partial charge in [-0.05, 0) is 30.3 Å². The molecule has 8 rings (SSSR count). The van der Waals surface area contributed by atoms with E-state index >= 15 is 24.0 Å². The zero-order chi connectivity index (χ0) is 72.4. The van der Waals surface area contributed by atoms with Gasteiger partial charge in [-0.15, -0.1) is 0 Å². The average Bonchev–Trinajstić information content (AvgIpc) is 1.33. The van der Waals surface area contributed by atoms with Crippen LogP contribution in [0.25, 0.3) is 22.3 Å². The molecule has 6 aromatic rings. The Morgan fingerprint density at radius 3 is 1.03 bits per heavy atom. The molecule has 0 aliphatic carbocycles. The number of esters is 7. The van der Waals surface area contributed by atoms with Gasteiger partial charge in [-0.3, -0.25) is 0 Å². The van der Waals surface area contributed by atoms with Crippen molar-refractivity contribution in [1.29, 1.82) is 0 Å². The summed E-state index contributed by atoms with van der Waals surface area (Å²) in [6.45, 7) is -1.28. The molecule has 0 spiro atoms. The molecule has 0 aromatic heterocycles. The standard InChI is InChI=1S/C67H70O32/c1-75-34-20-28(21-35(76-2)47(34)81-7)61(68)96-41-27-94-63(70)29-25-40(95-46-33(62(69)92-18)26-39(80-6)51(85-11)58(46)91-17)52(86-12)57(90-16)42(29)43-30(22-36(77-3)48(82-8)54(43)87-13)64(71)97-53(41)59-60(67(74)93-19)99-66(73)32-24-38(79-5)50(84-10)56(89-15)45(32)44-31(65(72)98-59)23-37(78-4)49(83-9)55(44)88-14/h20-26,41,53,59-60H,27H2,1-19H3/t41-,53-,59+,60-/m1/s1. The summed E-state index contributed by atoms with van der Waals surface area (Å²) in [6.07, 6.45) is -10.2. The SMILES string of the molecule is COC(=O)c1cc(OC)c(OC)c(OC)c1Oc1cc2c(c(OC)c1OC)-c1c(cc(OC)c(OC)c1OC)C(=O)O[C@@H]([C@@H]1OC(=O)c3cc(OC)c(OC)c(OC)c3-c3c(cc(OC)c(OC)c3OC)C(=O)O[C@H]1C(=O)OC)[C@H](OC(=O)c1cc(OC)c(OC)c(OC)c1)COC2=O. The molecule has 99 heavy (non-hydrogen) atoms. The maximum absolute atomic E-state index is 16.3. The maximum atomic E-state index is 16.3. The van der Waals surface area contributed by atoms with Crippen LogP contribution in [0.15, 0.2) is 42.5 Å². The Labute approximate surface area is 565 Å². The summed E-state index contributed by atoms with van der Waals surface area (Å²) in [5.41, 5.74) is -4.46. The van der Waals surface area contributed by atoms with E-state index in [4.69, 9.17) is 118 Å². The number of hydrogen-bond acceptors (Lipinski definition) is 32. The fraction of sp³-hybridized carbons (Fsp3) is 0.358. The van der Waals surface area contributed by atoms with E-state index in [2.05, 4.69) is 0 Å². The monoisotopic (exact) mass is 1390 g/mol. The molecule has 0 N–H and O–H groups in total. The molecule has 32 heteroatoms. The van der Waals surface area contributed by atoms with Crippen LogP contribution in [0.5, 0.6) is 109 Å². The van der Waals surface area contributed by atoms with Gasteiger partial charge in [0.2, 0.25) is 46.4 Å². The lowest BCUT2D eigenvalue weighted by atomic mass is 9.91. The fourth-order valence-corrected chi connectivity index (χ4v) is 11.2. The molecule has 0 saturated carbocycles. The minimum Gasteiger partial charge on any atom is -0.493 e. The molecule has 0 fully saturated rings. The summed E-state index contributed by atoms with van der Waals surface area (Å²) in [5.74, 6) is -13.8. The Morgan fingerprint density at radius 2 is 0.657 bits per heavy atom. The van der Waals surface area contributed by atoms with Gasteiger partial charge in [0, 0.05) is 34.4 Å². The lowest BCUT2D eigenvalue weighted by Gasteiger charge is -2.36. The number of benzene rings is 6. The van der Waals surface area contributed by atoms with Crippen LogP contribution in [-0.2, 0) is 38.0 Å². The van der Waals surface area contributed by atoms with E-state index < -0.39 is 123 Å². The lowest BCUT2D eigenvalue weighted by molar-refractivity contribution is -0.170. The third-order valence-corrected chi connectivity index (χ3v) is 15.6. The van der Waals surface area contributed by atoms with E-state index in [1.807, 2.05) is 0 Å². The van der Waals surface area contributed by atoms with Crippen molar-refractivity contribution in [2.75, 3.05) is 142 Å². The van der Waals surface area contributed by atoms with Gasteiger partial charge in [-0.25, -0.2) is 33.6 Å². The van der Waals surface area contributed by atoms with Crippen molar-refractivity contribution >= 4 is 41.8 Å². The molecule has 0 unspecified atom stereocenters. The van der Waals surface area contributed by atoms with Crippen LogP contribution >= 0.6 is 0 Å². The zero-order valence-corrected chi connectivity index (χ0v) is 57.1. The number of methoxy groups -OCH3 is 19. The number of fused-ring (bicyclic) bond motifs is 6. The minimum absolute atomic E-state index is 0.00878. The van der Waals surface area contributed by atoms with Gasteiger partial charge in [0.1, 0.15) is 12.2 Å². The molecule has 0 radical (unpaired) electrons. The van der Waals surface area contributed by atoms with Gasteiger partial charge in [0.15, 0.2) is 87.3 Å². The largest absolute Gasteiger partial charge is 0.493 e. The van der Waals surface area contributed by atoms with Crippen molar-refractivity contribution in [3.63, 3.8) is 0 Å². The minimum atomic E-state index is -2.62. The van der Waals surface area contributed by atoms with Crippen molar-refractivity contribution in [3.05, 3.63) is 75.8 Å². The summed E-state index contributed by atoms with van der Waals surface area (Å²) in [5, 5.41) is 0. The quantitative estimate of drug-likeness (QED) is 0.0415. The zero-order valence-electron chi connectivity index (χ0n) is 57.1. The second-order valence-electron chi connectivity index (χ2n) is 20.2. The molecule has 32 nitrogen and oxygen atoms in total. The van der Waals surface area contributed by atoms with Crippen LogP contribution < -0.4 is 85.3 Å². The van der Waals surface area contributed by atoms with Gasteiger partial charge >= 0.3 is 41.8 Å². The van der Waals surface area contributed by atoms with Crippen molar-refractivity contribution in [3.8, 4) is 131 Å². The van der Waals surface area contributed by atoms with Crippen LogP contribution in [0.3, 0.4) is 0 Å². The summed E-state index contributed by atoms with van der Waals surface area (Å²) in [6, 6.07) is 7.96. The lowest BCUT2D eigenvalue weighted by Crippen LogP contribution is -2.56. The number of carbonyl (C=O) groups is 7. The first kappa shape index (κ1) is 72.8. The number of cyclic esters (lactones) is 4. The average molecular weight is 1390 g/mol. The Hall–Kier alpha value is -12.0. The Balaban J connectivity index is 1.51. The summed E-state index contributed by atoms with van der Waals surface area (Å²) in [4.78, 5) is 107. The normalized spacial score (nSPS) is 15.5. The molecule has 0 saturated heterocycles. The number of rotatable bonds is 24. The Morgan fingerprint density at radius 1 is 0.323 bits per heavy atom. The van der Waals surface area contributed by atoms with Crippen molar-refractivity contribution in [1.82, 2.24) is 0 Å². The van der Waals surface area contributed by atoms with Gasteiger partial charge in [-0.1, -0.05) is 0 Å². The number of carbonyl (C=O) groups excluding carboxylic acids is 7. The Kier molecular flexibility index (Phi) is 23.0. The summed E-state index contributed by atoms with van der Waals surface area (Å²) < 4.78 is 147.